The molecule has 0 radical (unpaired) electrons. The Labute approximate surface area is 132 Å². The van der Waals surface area contributed by atoms with Crippen LogP contribution in [0.15, 0.2) is 27.8 Å². The van der Waals surface area contributed by atoms with Crippen molar-refractivity contribution in [3.8, 4) is 0 Å². The Morgan fingerprint density at radius 3 is 2.76 bits per heavy atom. The number of sulfonamides is 1. The molecule has 2 heterocycles. The van der Waals surface area contributed by atoms with E-state index in [0.29, 0.717) is 22.3 Å². The van der Waals surface area contributed by atoms with Crippen LogP contribution in [0.5, 0.6) is 0 Å². The SMILES string of the molecule is CCc1nn(C)cc1NS(=O)(=O)c1cc(Br)cnc1NC. The highest BCUT2D eigenvalue weighted by atomic mass is 79.9. The molecule has 0 saturated carbocycles. The molecule has 2 N–H and O–H groups in total. The molecule has 21 heavy (non-hydrogen) atoms. The second kappa shape index (κ2) is 6.02. The largest absolute Gasteiger partial charge is 0.372 e. The summed E-state index contributed by atoms with van der Waals surface area (Å²) < 4.78 is 29.9. The molecule has 2 rings (SSSR count). The highest BCUT2D eigenvalue weighted by molar-refractivity contribution is 9.10. The molecular formula is C12H16BrN5O2S. The van der Waals surface area contributed by atoms with Crippen LogP contribution in [-0.4, -0.2) is 30.2 Å². The van der Waals surface area contributed by atoms with E-state index < -0.39 is 10.0 Å². The van der Waals surface area contributed by atoms with Crippen LogP contribution in [0.25, 0.3) is 0 Å². The molecule has 0 aromatic carbocycles. The third kappa shape index (κ3) is 3.35. The van der Waals surface area contributed by atoms with Crippen molar-refractivity contribution < 1.29 is 8.42 Å². The number of halogens is 1. The number of hydrogen-bond donors (Lipinski definition) is 2. The first-order valence-corrected chi connectivity index (χ1v) is 8.53. The minimum atomic E-state index is -3.76. The number of hydrogen-bond acceptors (Lipinski definition) is 5. The number of rotatable bonds is 5. The van der Waals surface area contributed by atoms with Gasteiger partial charge in [-0.3, -0.25) is 9.40 Å². The van der Waals surface area contributed by atoms with Gasteiger partial charge in [0.05, 0.1) is 11.4 Å². The molecule has 0 aliphatic carbocycles. The predicted molar refractivity (Wildman–Crippen MR) is 84.9 cm³/mol. The van der Waals surface area contributed by atoms with E-state index in [1.54, 1.807) is 25.0 Å². The van der Waals surface area contributed by atoms with Gasteiger partial charge in [-0.2, -0.15) is 5.10 Å². The van der Waals surface area contributed by atoms with E-state index in [-0.39, 0.29) is 10.7 Å². The molecule has 0 bridgehead atoms. The molecular weight excluding hydrogens is 358 g/mol. The van der Waals surface area contributed by atoms with Gasteiger partial charge in [0.1, 0.15) is 10.7 Å². The summed E-state index contributed by atoms with van der Waals surface area (Å²) in [6.45, 7) is 1.92. The second-order valence-corrected chi connectivity index (χ2v) is 6.94. The zero-order valence-corrected chi connectivity index (χ0v) is 14.3. The predicted octanol–water partition coefficient (Wildman–Crippen LogP) is 1.98. The summed E-state index contributed by atoms with van der Waals surface area (Å²) in [5.74, 6) is 0.285. The van der Waals surface area contributed by atoms with Crippen LogP contribution in [0.4, 0.5) is 11.5 Å². The monoisotopic (exact) mass is 373 g/mol. The van der Waals surface area contributed by atoms with Crippen LogP contribution in [0.3, 0.4) is 0 Å². The maximum Gasteiger partial charge on any atom is 0.265 e. The maximum absolute atomic E-state index is 12.6. The average molecular weight is 374 g/mol. The molecule has 114 valence electrons. The summed E-state index contributed by atoms with van der Waals surface area (Å²) in [7, 11) is -0.388. The molecule has 0 atom stereocenters. The number of nitrogens with one attached hydrogen (secondary N) is 2. The second-order valence-electron chi connectivity index (χ2n) is 4.37. The fourth-order valence-corrected chi connectivity index (χ4v) is 3.64. The van der Waals surface area contributed by atoms with Gasteiger partial charge in [0.2, 0.25) is 0 Å². The molecule has 0 amide bonds. The van der Waals surface area contributed by atoms with Gasteiger partial charge in [0.25, 0.3) is 10.0 Å². The minimum absolute atomic E-state index is 0.0743. The van der Waals surface area contributed by atoms with Gasteiger partial charge >= 0.3 is 0 Å². The lowest BCUT2D eigenvalue weighted by Crippen LogP contribution is -2.16. The summed E-state index contributed by atoms with van der Waals surface area (Å²) >= 11 is 3.24. The lowest BCUT2D eigenvalue weighted by molar-refractivity contribution is 0.601. The van der Waals surface area contributed by atoms with E-state index in [0.717, 1.165) is 0 Å². The van der Waals surface area contributed by atoms with Crippen molar-refractivity contribution in [2.45, 2.75) is 18.2 Å². The van der Waals surface area contributed by atoms with Crippen molar-refractivity contribution in [1.29, 1.82) is 0 Å². The first-order chi connectivity index (χ1) is 9.87. The highest BCUT2D eigenvalue weighted by Gasteiger charge is 2.22. The lowest BCUT2D eigenvalue weighted by atomic mass is 10.3. The number of anilines is 2. The standard InChI is InChI=1S/C12H16BrN5O2S/c1-4-9-10(7-18(3)16-9)17-21(19,20)11-5-8(13)6-15-12(11)14-2/h5-7,17H,4H2,1-3H3,(H,14,15). The van der Waals surface area contributed by atoms with Crippen molar-refractivity contribution in [2.24, 2.45) is 7.05 Å². The minimum Gasteiger partial charge on any atom is -0.372 e. The topological polar surface area (TPSA) is 88.9 Å². The zero-order valence-electron chi connectivity index (χ0n) is 11.9. The van der Waals surface area contributed by atoms with Crippen molar-refractivity contribution >= 4 is 37.5 Å². The van der Waals surface area contributed by atoms with Crippen molar-refractivity contribution in [2.75, 3.05) is 17.1 Å². The van der Waals surface area contributed by atoms with Gasteiger partial charge in [-0.25, -0.2) is 13.4 Å². The van der Waals surface area contributed by atoms with Gasteiger partial charge < -0.3 is 5.32 Å². The number of pyridine rings is 1. The van der Waals surface area contributed by atoms with Crippen LogP contribution in [0.1, 0.15) is 12.6 Å². The van der Waals surface area contributed by atoms with Crippen LogP contribution < -0.4 is 10.0 Å². The van der Waals surface area contributed by atoms with E-state index in [9.17, 15) is 8.42 Å². The molecule has 0 spiro atoms. The van der Waals surface area contributed by atoms with Crippen molar-refractivity contribution in [3.05, 3.63) is 28.6 Å². The molecule has 0 aliphatic rings. The summed E-state index contributed by atoms with van der Waals surface area (Å²) in [4.78, 5) is 4.13. The van der Waals surface area contributed by atoms with Gasteiger partial charge in [-0.15, -0.1) is 0 Å². The Morgan fingerprint density at radius 1 is 1.43 bits per heavy atom. The van der Waals surface area contributed by atoms with Crippen LogP contribution in [-0.2, 0) is 23.5 Å². The van der Waals surface area contributed by atoms with E-state index >= 15 is 0 Å². The van der Waals surface area contributed by atoms with Crippen LogP contribution in [0, 0.1) is 0 Å². The van der Waals surface area contributed by atoms with Crippen molar-refractivity contribution in [3.63, 3.8) is 0 Å². The number of nitrogens with zero attached hydrogens (tertiary/aromatic N) is 3. The Balaban J connectivity index is 2.45. The quantitative estimate of drug-likeness (QED) is 0.836. The number of aromatic nitrogens is 3. The van der Waals surface area contributed by atoms with E-state index in [1.807, 2.05) is 6.92 Å². The summed E-state index contributed by atoms with van der Waals surface area (Å²) in [6, 6.07) is 1.50. The molecule has 0 fully saturated rings. The molecule has 9 heteroatoms. The fraction of sp³-hybridized carbons (Fsp3) is 0.333. The first-order valence-electron chi connectivity index (χ1n) is 6.26. The molecule has 0 unspecified atom stereocenters. The van der Waals surface area contributed by atoms with Crippen molar-refractivity contribution in [1.82, 2.24) is 14.8 Å². The molecule has 2 aromatic rings. The summed E-state index contributed by atoms with van der Waals surface area (Å²) in [5.41, 5.74) is 1.16. The molecule has 0 saturated heterocycles. The van der Waals surface area contributed by atoms with Gasteiger partial charge in [0, 0.05) is 31.0 Å². The highest BCUT2D eigenvalue weighted by Crippen LogP contribution is 2.26. The smallest absolute Gasteiger partial charge is 0.265 e. The van der Waals surface area contributed by atoms with E-state index in [2.05, 4.69) is 36.1 Å². The van der Waals surface area contributed by atoms with Crippen LogP contribution in [0.2, 0.25) is 0 Å². The molecule has 7 nitrogen and oxygen atoms in total. The van der Waals surface area contributed by atoms with Gasteiger partial charge in [-0.05, 0) is 28.4 Å². The van der Waals surface area contributed by atoms with E-state index in [1.165, 1.54) is 12.3 Å². The number of aryl methyl sites for hydroxylation is 2. The zero-order chi connectivity index (χ0) is 15.6. The first kappa shape index (κ1) is 15.8. The fourth-order valence-electron chi connectivity index (χ4n) is 1.89. The normalized spacial score (nSPS) is 11.4. The third-order valence-electron chi connectivity index (χ3n) is 2.83. The summed E-state index contributed by atoms with van der Waals surface area (Å²) in [6.07, 6.45) is 3.81. The Bertz CT molecular complexity index is 757. The average Bonchev–Trinajstić information content (AvgIpc) is 2.78. The Kier molecular flexibility index (Phi) is 4.52. The molecule has 2 aromatic heterocycles. The molecule has 0 aliphatic heterocycles. The lowest BCUT2D eigenvalue weighted by Gasteiger charge is -2.11. The van der Waals surface area contributed by atoms with Crippen LogP contribution >= 0.6 is 15.9 Å². The third-order valence-corrected chi connectivity index (χ3v) is 4.64. The van der Waals surface area contributed by atoms with Gasteiger partial charge in [-0.1, -0.05) is 6.92 Å². The Hall–Kier alpha value is -1.61. The maximum atomic E-state index is 12.6. The van der Waals surface area contributed by atoms with Gasteiger partial charge in [0.15, 0.2) is 0 Å². The Morgan fingerprint density at radius 2 is 2.14 bits per heavy atom. The van der Waals surface area contributed by atoms with E-state index in [4.69, 9.17) is 0 Å². The summed E-state index contributed by atoms with van der Waals surface area (Å²) in [5, 5.41) is 6.99.